The first-order valence-electron chi connectivity index (χ1n) is 9.86. The Hall–Kier alpha value is -2.74. The summed E-state index contributed by atoms with van der Waals surface area (Å²) in [5.41, 5.74) is 2.71. The number of halogens is 2. The van der Waals surface area contributed by atoms with Gasteiger partial charge in [-0.25, -0.2) is 17.8 Å². The van der Waals surface area contributed by atoms with E-state index < -0.39 is 16.1 Å². The Morgan fingerprint density at radius 1 is 1.03 bits per heavy atom. The number of hydrogen-bond donors (Lipinski definition) is 0. The number of sulfonamides is 1. The third kappa shape index (κ3) is 3.73. The van der Waals surface area contributed by atoms with Crippen LogP contribution in [-0.4, -0.2) is 24.3 Å². The third-order valence-electron chi connectivity index (χ3n) is 5.47. The van der Waals surface area contributed by atoms with Gasteiger partial charge in [0, 0.05) is 11.6 Å². The zero-order valence-electron chi connectivity index (χ0n) is 16.3. The van der Waals surface area contributed by atoms with Crippen LogP contribution in [0.2, 0.25) is 5.02 Å². The van der Waals surface area contributed by atoms with Gasteiger partial charge in [0.15, 0.2) is 5.58 Å². The van der Waals surface area contributed by atoms with Crippen molar-refractivity contribution in [1.82, 2.24) is 9.29 Å². The van der Waals surface area contributed by atoms with Crippen LogP contribution in [0, 0.1) is 5.82 Å². The molecule has 0 radical (unpaired) electrons. The fourth-order valence-corrected chi connectivity index (χ4v) is 5.73. The summed E-state index contributed by atoms with van der Waals surface area (Å²) in [6.07, 6.45) is 1.33. The first-order chi connectivity index (χ1) is 14.9. The smallest absolute Gasteiger partial charge is 0.243 e. The quantitative estimate of drug-likeness (QED) is 0.388. The highest BCUT2D eigenvalue weighted by atomic mass is 35.5. The van der Waals surface area contributed by atoms with Crippen molar-refractivity contribution < 1.29 is 17.2 Å². The molecule has 8 heteroatoms. The molecular weight excluding hydrogens is 439 g/mol. The highest BCUT2D eigenvalue weighted by Gasteiger charge is 2.39. The van der Waals surface area contributed by atoms with Crippen LogP contribution in [0.4, 0.5) is 4.39 Å². The zero-order valence-corrected chi connectivity index (χ0v) is 17.9. The average Bonchev–Trinajstić information content (AvgIpc) is 3.41. The van der Waals surface area contributed by atoms with Crippen molar-refractivity contribution in [2.75, 3.05) is 6.54 Å². The van der Waals surface area contributed by atoms with Crippen molar-refractivity contribution in [2.45, 2.75) is 23.8 Å². The van der Waals surface area contributed by atoms with Crippen molar-refractivity contribution in [2.24, 2.45) is 0 Å². The number of aromatic nitrogens is 1. The fraction of sp³-hybridized carbons (Fsp3) is 0.174. The van der Waals surface area contributed by atoms with E-state index in [1.807, 2.05) is 18.2 Å². The van der Waals surface area contributed by atoms with E-state index in [4.69, 9.17) is 16.0 Å². The number of fused-ring (bicyclic) bond motifs is 1. The molecule has 2 heterocycles. The summed E-state index contributed by atoms with van der Waals surface area (Å²) in [4.78, 5) is 4.78. The Morgan fingerprint density at radius 3 is 2.58 bits per heavy atom. The molecule has 5 nitrogen and oxygen atoms in total. The van der Waals surface area contributed by atoms with Crippen molar-refractivity contribution in [3.05, 3.63) is 83.5 Å². The van der Waals surface area contributed by atoms with E-state index in [0.29, 0.717) is 41.4 Å². The highest BCUT2D eigenvalue weighted by molar-refractivity contribution is 7.89. The summed E-state index contributed by atoms with van der Waals surface area (Å²) < 4.78 is 47.3. The first kappa shape index (κ1) is 20.2. The average molecular weight is 457 g/mol. The Kier molecular flexibility index (Phi) is 5.04. The van der Waals surface area contributed by atoms with Gasteiger partial charge in [-0.3, -0.25) is 0 Å². The molecule has 1 aromatic heterocycles. The van der Waals surface area contributed by atoms with E-state index in [2.05, 4.69) is 4.98 Å². The van der Waals surface area contributed by atoms with Gasteiger partial charge in [0.2, 0.25) is 15.9 Å². The molecule has 1 aliphatic rings. The minimum absolute atomic E-state index is 0.188. The topological polar surface area (TPSA) is 63.4 Å². The molecule has 4 aromatic rings. The van der Waals surface area contributed by atoms with E-state index in [-0.39, 0.29) is 10.7 Å². The van der Waals surface area contributed by atoms with Crippen molar-refractivity contribution in [3.63, 3.8) is 0 Å². The van der Waals surface area contributed by atoms with E-state index in [1.54, 1.807) is 24.3 Å². The minimum Gasteiger partial charge on any atom is -0.439 e. The normalized spacial score (nSPS) is 17.4. The largest absolute Gasteiger partial charge is 0.439 e. The molecule has 0 bridgehead atoms. The Balaban J connectivity index is 1.50. The summed E-state index contributed by atoms with van der Waals surface area (Å²) in [5.74, 6) is 0.0499. The summed E-state index contributed by atoms with van der Waals surface area (Å²) in [6, 6.07) is 17.4. The summed E-state index contributed by atoms with van der Waals surface area (Å²) in [5, 5.41) is 0.477. The number of hydrogen-bond acceptors (Lipinski definition) is 4. The van der Waals surface area contributed by atoms with Gasteiger partial charge in [0.25, 0.3) is 0 Å². The lowest BCUT2D eigenvalue weighted by atomic mass is 10.1. The van der Waals surface area contributed by atoms with Gasteiger partial charge in [-0.05, 0) is 72.5 Å². The van der Waals surface area contributed by atoms with E-state index in [0.717, 1.165) is 11.1 Å². The fourth-order valence-electron chi connectivity index (χ4n) is 3.95. The lowest BCUT2D eigenvalue weighted by molar-refractivity contribution is 0.337. The molecule has 0 amide bonds. The van der Waals surface area contributed by atoms with Gasteiger partial charge in [0.05, 0.1) is 4.90 Å². The molecule has 1 atom stereocenters. The maximum atomic E-state index is 13.6. The monoisotopic (exact) mass is 456 g/mol. The van der Waals surface area contributed by atoms with E-state index >= 15 is 0 Å². The molecule has 158 valence electrons. The molecule has 3 aromatic carbocycles. The molecule has 0 aliphatic carbocycles. The van der Waals surface area contributed by atoms with Crippen LogP contribution in [-0.2, 0) is 10.0 Å². The third-order valence-corrected chi connectivity index (χ3v) is 7.65. The van der Waals surface area contributed by atoms with E-state index in [9.17, 15) is 12.8 Å². The molecule has 0 unspecified atom stereocenters. The molecule has 5 rings (SSSR count). The maximum Gasteiger partial charge on any atom is 0.243 e. The van der Waals surface area contributed by atoms with Gasteiger partial charge in [0.1, 0.15) is 17.4 Å². The lowest BCUT2D eigenvalue weighted by Gasteiger charge is -2.21. The van der Waals surface area contributed by atoms with Crippen LogP contribution < -0.4 is 0 Å². The van der Waals surface area contributed by atoms with Gasteiger partial charge in [-0.1, -0.05) is 29.8 Å². The SMILES string of the molecule is O=S(=O)(c1ccc(Cl)cc1)N1CCC[C@H]1c1nc2cc(-c3cccc(F)c3)ccc2o1. The minimum atomic E-state index is -3.71. The second-order valence-electron chi connectivity index (χ2n) is 7.47. The van der Waals surface area contributed by atoms with Crippen molar-refractivity contribution in [3.8, 4) is 11.1 Å². The second kappa shape index (κ2) is 7.75. The Bertz CT molecular complexity index is 1370. The molecule has 1 aliphatic heterocycles. The van der Waals surface area contributed by atoms with Gasteiger partial charge in [-0.2, -0.15) is 4.31 Å². The summed E-state index contributed by atoms with van der Waals surface area (Å²) in [6.45, 7) is 0.392. The van der Waals surface area contributed by atoms with Crippen molar-refractivity contribution >= 4 is 32.7 Å². The summed E-state index contributed by atoms with van der Waals surface area (Å²) >= 11 is 5.90. The van der Waals surface area contributed by atoms with Crippen molar-refractivity contribution in [1.29, 1.82) is 0 Å². The van der Waals surface area contributed by atoms with Crippen LogP contribution in [0.25, 0.3) is 22.2 Å². The zero-order chi connectivity index (χ0) is 21.6. The molecule has 1 fully saturated rings. The maximum absolute atomic E-state index is 13.6. The van der Waals surface area contributed by atoms with Crippen LogP contribution in [0.1, 0.15) is 24.8 Å². The van der Waals surface area contributed by atoms with Gasteiger partial charge < -0.3 is 4.42 Å². The molecular formula is C23H18ClFN2O3S. The number of benzene rings is 3. The summed E-state index contributed by atoms with van der Waals surface area (Å²) in [7, 11) is -3.71. The van der Waals surface area contributed by atoms with Crippen LogP contribution in [0.15, 0.2) is 76.0 Å². The number of oxazole rings is 1. The van der Waals surface area contributed by atoms with Crippen LogP contribution in [0.3, 0.4) is 0 Å². The predicted octanol–water partition coefficient (Wildman–Crippen LogP) is 5.81. The molecule has 31 heavy (non-hydrogen) atoms. The predicted molar refractivity (Wildman–Crippen MR) is 117 cm³/mol. The lowest BCUT2D eigenvalue weighted by Crippen LogP contribution is -2.30. The number of rotatable bonds is 4. The molecule has 0 spiro atoms. The molecule has 1 saturated heterocycles. The number of nitrogens with zero attached hydrogens (tertiary/aromatic N) is 2. The Morgan fingerprint density at radius 2 is 1.81 bits per heavy atom. The highest BCUT2D eigenvalue weighted by Crippen LogP contribution is 2.38. The van der Waals surface area contributed by atoms with Gasteiger partial charge >= 0.3 is 0 Å². The Labute approximate surface area is 184 Å². The van der Waals surface area contributed by atoms with E-state index in [1.165, 1.54) is 28.6 Å². The second-order valence-corrected chi connectivity index (χ2v) is 9.80. The van der Waals surface area contributed by atoms with Gasteiger partial charge in [-0.15, -0.1) is 0 Å². The standard InChI is InChI=1S/C23H18ClFN2O3S/c24-17-7-9-19(10-8-17)31(28,29)27-12-2-5-21(27)23-26-20-14-16(6-11-22(20)30-23)15-3-1-4-18(25)13-15/h1,3-4,6-11,13-14,21H,2,5,12H2/t21-/m0/s1. The van der Waals surface area contributed by atoms with Crippen LogP contribution in [0.5, 0.6) is 0 Å². The molecule has 0 saturated carbocycles. The first-order valence-corrected chi connectivity index (χ1v) is 11.7. The molecule has 0 N–H and O–H groups in total. The van der Waals surface area contributed by atoms with Crippen LogP contribution >= 0.6 is 11.6 Å².